The lowest BCUT2D eigenvalue weighted by Gasteiger charge is -2.41. The van der Waals surface area contributed by atoms with Crippen molar-refractivity contribution in [1.29, 1.82) is 5.26 Å². The summed E-state index contributed by atoms with van der Waals surface area (Å²) in [5, 5.41) is 11.8. The zero-order chi connectivity index (χ0) is 24.5. The van der Waals surface area contributed by atoms with Crippen LogP contribution in [0.1, 0.15) is 36.8 Å². The molecule has 0 unspecified atom stereocenters. The van der Waals surface area contributed by atoms with Crippen molar-refractivity contribution < 1.29 is 22.4 Å². The number of amides is 2. The highest BCUT2D eigenvalue weighted by atomic mass is 32.2. The molecular formula is C23H30FN5O4S. The summed E-state index contributed by atoms with van der Waals surface area (Å²) in [6, 6.07) is 5.88. The second-order valence-corrected chi connectivity index (χ2v) is 11.3. The predicted octanol–water partition coefficient (Wildman–Crippen LogP) is 1.15. The van der Waals surface area contributed by atoms with Crippen molar-refractivity contribution in [2.45, 2.75) is 45.2 Å². The summed E-state index contributed by atoms with van der Waals surface area (Å²) in [5.41, 5.74) is 1.55. The van der Waals surface area contributed by atoms with E-state index in [0.717, 1.165) is 11.1 Å². The van der Waals surface area contributed by atoms with Gasteiger partial charge in [0.05, 0.1) is 17.9 Å². The van der Waals surface area contributed by atoms with Crippen molar-refractivity contribution in [2.24, 2.45) is 11.8 Å². The largest absolute Gasteiger partial charge is 0.350 e. The average Bonchev–Trinajstić information content (AvgIpc) is 3.27. The molecule has 2 atom stereocenters. The van der Waals surface area contributed by atoms with Gasteiger partial charge in [-0.25, -0.2) is 4.39 Å². The van der Waals surface area contributed by atoms with Gasteiger partial charge in [-0.05, 0) is 55.9 Å². The molecule has 3 heterocycles. The molecule has 34 heavy (non-hydrogen) atoms. The third-order valence-electron chi connectivity index (χ3n) is 7.01. The number of carbonyl (C=O) groups excluding carboxylic acids is 2. The van der Waals surface area contributed by atoms with Crippen LogP contribution >= 0.6 is 0 Å². The second kappa shape index (κ2) is 9.98. The molecule has 0 bridgehead atoms. The highest BCUT2D eigenvalue weighted by Gasteiger charge is 2.44. The molecule has 0 aliphatic carbocycles. The van der Waals surface area contributed by atoms with Crippen LogP contribution in [0, 0.1) is 35.9 Å². The molecule has 0 radical (unpaired) electrons. The van der Waals surface area contributed by atoms with Crippen LogP contribution in [-0.4, -0.2) is 72.5 Å². The van der Waals surface area contributed by atoms with E-state index in [2.05, 4.69) is 11.4 Å². The van der Waals surface area contributed by atoms with Gasteiger partial charge < -0.3 is 10.2 Å². The molecule has 3 aliphatic rings. The number of nitrogens with one attached hydrogen (secondary N) is 1. The molecule has 0 spiro atoms. The predicted molar refractivity (Wildman–Crippen MR) is 122 cm³/mol. The van der Waals surface area contributed by atoms with Crippen molar-refractivity contribution in [3.8, 4) is 6.07 Å². The van der Waals surface area contributed by atoms with E-state index in [4.69, 9.17) is 5.26 Å². The standard InChI is InChI=1S/C23H30FN5O4S/c1-16-10-20(24)7-6-18(16)12-26-22(30)21-5-3-9-29(21)23(31)19-4-2-8-27(15-19)34(32,33)28-13-17(11-25)14-28/h6-7,10,17,19,21H,2-5,8-9,12-15H2,1H3,(H,26,30)/t19-,21+/m0/s1. The molecule has 11 heteroatoms. The molecule has 1 aromatic carbocycles. The molecule has 3 fully saturated rings. The molecule has 184 valence electrons. The number of hydrogen-bond donors (Lipinski definition) is 1. The Morgan fingerprint density at radius 1 is 1.15 bits per heavy atom. The van der Waals surface area contributed by atoms with E-state index in [1.807, 2.05) is 0 Å². The molecule has 2 amide bonds. The number of likely N-dealkylation sites (tertiary alicyclic amines) is 1. The van der Waals surface area contributed by atoms with Gasteiger partial charge in [0, 0.05) is 39.3 Å². The van der Waals surface area contributed by atoms with Gasteiger partial charge in [-0.1, -0.05) is 6.07 Å². The van der Waals surface area contributed by atoms with Crippen molar-refractivity contribution in [3.63, 3.8) is 0 Å². The fraction of sp³-hybridized carbons (Fsp3) is 0.609. The minimum Gasteiger partial charge on any atom is -0.350 e. The van der Waals surface area contributed by atoms with E-state index in [9.17, 15) is 22.4 Å². The summed E-state index contributed by atoms with van der Waals surface area (Å²) < 4.78 is 41.7. The quantitative estimate of drug-likeness (QED) is 0.641. The lowest BCUT2D eigenvalue weighted by molar-refractivity contribution is -0.142. The number of rotatable bonds is 6. The maximum Gasteiger partial charge on any atom is 0.282 e. The van der Waals surface area contributed by atoms with Gasteiger partial charge >= 0.3 is 0 Å². The van der Waals surface area contributed by atoms with Crippen LogP contribution in [0.2, 0.25) is 0 Å². The first kappa shape index (κ1) is 24.6. The van der Waals surface area contributed by atoms with Crippen LogP contribution in [0.4, 0.5) is 4.39 Å². The van der Waals surface area contributed by atoms with Crippen LogP contribution < -0.4 is 5.32 Å². The highest BCUT2D eigenvalue weighted by Crippen LogP contribution is 2.29. The van der Waals surface area contributed by atoms with Gasteiger partial charge in [0.25, 0.3) is 10.2 Å². The van der Waals surface area contributed by atoms with E-state index in [0.29, 0.717) is 38.8 Å². The molecule has 1 N–H and O–H groups in total. The van der Waals surface area contributed by atoms with Crippen LogP contribution in [0.25, 0.3) is 0 Å². The number of benzene rings is 1. The molecule has 3 aliphatic heterocycles. The number of piperidine rings is 1. The normalized spacial score (nSPS) is 24.4. The summed E-state index contributed by atoms with van der Waals surface area (Å²) in [6.45, 7) is 3.31. The summed E-state index contributed by atoms with van der Waals surface area (Å²) >= 11 is 0. The first-order valence-corrected chi connectivity index (χ1v) is 13.1. The monoisotopic (exact) mass is 491 g/mol. The summed E-state index contributed by atoms with van der Waals surface area (Å²) in [4.78, 5) is 27.8. The van der Waals surface area contributed by atoms with Crippen molar-refractivity contribution in [3.05, 3.63) is 35.1 Å². The maximum atomic E-state index is 13.3. The lowest BCUT2D eigenvalue weighted by Crippen LogP contribution is -2.57. The Morgan fingerprint density at radius 2 is 1.88 bits per heavy atom. The van der Waals surface area contributed by atoms with Gasteiger partial charge in [0.15, 0.2) is 0 Å². The Kier molecular flexibility index (Phi) is 7.21. The van der Waals surface area contributed by atoms with Gasteiger partial charge in [0.1, 0.15) is 11.9 Å². The first-order valence-electron chi connectivity index (χ1n) is 11.7. The van der Waals surface area contributed by atoms with Crippen molar-refractivity contribution in [1.82, 2.24) is 18.8 Å². The maximum absolute atomic E-state index is 13.3. The molecule has 1 aromatic rings. The molecule has 9 nitrogen and oxygen atoms in total. The summed E-state index contributed by atoms with van der Waals surface area (Å²) in [6.07, 6.45) is 2.40. The van der Waals surface area contributed by atoms with E-state index in [-0.39, 0.29) is 49.7 Å². The third kappa shape index (κ3) is 4.94. The van der Waals surface area contributed by atoms with Gasteiger partial charge in [0.2, 0.25) is 11.8 Å². The van der Waals surface area contributed by atoms with Gasteiger partial charge in [-0.2, -0.15) is 22.3 Å². The van der Waals surface area contributed by atoms with Crippen LogP contribution in [0.3, 0.4) is 0 Å². The smallest absolute Gasteiger partial charge is 0.282 e. The van der Waals surface area contributed by atoms with E-state index in [1.165, 1.54) is 20.7 Å². The van der Waals surface area contributed by atoms with Crippen LogP contribution in [-0.2, 0) is 26.3 Å². The van der Waals surface area contributed by atoms with Gasteiger partial charge in [-0.15, -0.1) is 0 Å². The van der Waals surface area contributed by atoms with Crippen LogP contribution in [0.15, 0.2) is 18.2 Å². The van der Waals surface area contributed by atoms with E-state index >= 15 is 0 Å². The topological polar surface area (TPSA) is 114 Å². The third-order valence-corrected chi connectivity index (χ3v) is 8.95. The highest BCUT2D eigenvalue weighted by molar-refractivity contribution is 7.86. The number of hydrogen-bond acceptors (Lipinski definition) is 5. The zero-order valence-electron chi connectivity index (χ0n) is 19.2. The number of nitriles is 1. The van der Waals surface area contributed by atoms with E-state index in [1.54, 1.807) is 17.9 Å². The Hall–Kier alpha value is -2.55. The van der Waals surface area contributed by atoms with Crippen molar-refractivity contribution >= 4 is 22.0 Å². The first-order chi connectivity index (χ1) is 16.2. The fourth-order valence-electron chi connectivity index (χ4n) is 4.92. The Bertz CT molecular complexity index is 1100. The molecule has 0 saturated carbocycles. The molecule has 4 rings (SSSR count). The number of aryl methyl sites for hydroxylation is 1. The SMILES string of the molecule is Cc1cc(F)ccc1CNC(=O)[C@H]1CCCN1C(=O)[C@H]1CCCN(S(=O)(=O)N2CC(C#N)C2)C1. The summed E-state index contributed by atoms with van der Waals surface area (Å²) in [7, 11) is -3.70. The fourth-order valence-corrected chi connectivity index (χ4v) is 6.71. The Balaban J connectivity index is 1.36. The number of carbonyl (C=O) groups is 2. The molecular weight excluding hydrogens is 461 g/mol. The number of halogens is 1. The lowest BCUT2D eigenvalue weighted by atomic mass is 9.97. The Morgan fingerprint density at radius 3 is 2.59 bits per heavy atom. The van der Waals surface area contributed by atoms with Gasteiger partial charge in [-0.3, -0.25) is 9.59 Å². The second-order valence-electron chi connectivity index (χ2n) is 9.33. The summed E-state index contributed by atoms with van der Waals surface area (Å²) in [5.74, 6) is -1.54. The number of nitrogens with zero attached hydrogens (tertiary/aromatic N) is 4. The average molecular weight is 492 g/mol. The zero-order valence-corrected chi connectivity index (χ0v) is 20.1. The van der Waals surface area contributed by atoms with E-state index < -0.39 is 22.2 Å². The van der Waals surface area contributed by atoms with Crippen LogP contribution in [0.5, 0.6) is 0 Å². The minimum absolute atomic E-state index is 0.0918. The molecule has 3 saturated heterocycles. The van der Waals surface area contributed by atoms with Crippen molar-refractivity contribution in [2.75, 3.05) is 32.7 Å². The Labute approximate surface area is 199 Å². The molecule has 0 aromatic heterocycles. The minimum atomic E-state index is -3.70.